The average molecular weight is 330 g/mol. The van der Waals surface area contributed by atoms with Gasteiger partial charge >= 0.3 is 0 Å². The van der Waals surface area contributed by atoms with Gasteiger partial charge in [-0.05, 0) is 35.9 Å². The molecule has 0 bridgehead atoms. The molecule has 2 aromatic carbocycles. The van der Waals surface area contributed by atoms with E-state index in [1.807, 2.05) is 18.2 Å². The van der Waals surface area contributed by atoms with Gasteiger partial charge in [-0.15, -0.1) is 11.8 Å². The molecule has 0 atom stereocenters. The highest BCUT2D eigenvalue weighted by Gasteiger charge is 2.24. The van der Waals surface area contributed by atoms with Crippen molar-refractivity contribution < 1.29 is 18.7 Å². The zero-order valence-corrected chi connectivity index (χ0v) is 13.6. The van der Waals surface area contributed by atoms with Gasteiger partial charge in [-0.1, -0.05) is 12.1 Å². The second-order valence-electron chi connectivity index (χ2n) is 5.02. The Hall–Kier alpha value is -2.27. The Morgan fingerprint density at radius 2 is 1.91 bits per heavy atom. The number of ketones is 1. The lowest BCUT2D eigenvalue weighted by atomic mass is 10.0. The van der Waals surface area contributed by atoms with Gasteiger partial charge in [-0.3, -0.25) is 4.79 Å². The first-order valence-electron chi connectivity index (χ1n) is 7.02. The molecular formula is C18H15FO3S. The third-order valence-electron chi connectivity index (χ3n) is 3.62. The summed E-state index contributed by atoms with van der Waals surface area (Å²) in [5.41, 5.74) is 1.90. The number of carbonyl (C=O) groups is 1. The second kappa shape index (κ2) is 6.46. The summed E-state index contributed by atoms with van der Waals surface area (Å²) < 4.78 is 24.2. The quantitative estimate of drug-likeness (QED) is 0.790. The SMILES string of the molecule is COc1ccc(/C=C2\CSc3c(F)cccc3C2=O)cc1OC. The Kier molecular flexibility index (Phi) is 4.39. The molecular weight excluding hydrogens is 315 g/mol. The highest BCUT2D eigenvalue weighted by atomic mass is 32.2. The Morgan fingerprint density at radius 3 is 2.65 bits per heavy atom. The van der Waals surface area contributed by atoms with Crippen molar-refractivity contribution in [3.05, 3.63) is 58.9 Å². The van der Waals surface area contributed by atoms with Gasteiger partial charge in [0.2, 0.25) is 0 Å². The fraction of sp³-hybridized carbons (Fsp3) is 0.167. The molecule has 0 saturated carbocycles. The third kappa shape index (κ3) is 2.97. The number of rotatable bonds is 3. The van der Waals surface area contributed by atoms with E-state index >= 15 is 0 Å². The molecule has 0 amide bonds. The van der Waals surface area contributed by atoms with Crippen molar-refractivity contribution in [3.63, 3.8) is 0 Å². The number of halogens is 1. The summed E-state index contributed by atoms with van der Waals surface area (Å²) in [4.78, 5) is 13.0. The molecule has 0 aliphatic carbocycles. The van der Waals surface area contributed by atoms with Crippen LogP contribution in [0.1, 0.15) is 15.9 Å². The van der Waals surface area contributed by atoms with Gasteiger partial charge in [0.05, 0.1) is 19.1 Å². The molecule has 0 radical (unpaired) electrons. The molecule has 0 N–H and O–H groups in total. The Bertz CT molecular complexity index is 799. The molecule has 1 aliphatic heterocycles. The molecule has 0 spiro atoms. The first-order valence-corrected chi connectivity index (χ1v) is 8.01. The number of carbonyl (C=O) groups excluding carboxylic acids is 1. The topological polar surface area (TPSA) is 35.5 Å². The standard InChI is InChI=1S/C18H15FO3S/c1-21-15-7-6-11(9-16(15)22-2)8-12-10-23-18-13(17(12)20)4-3-5-14(18)19/h3-9H,10H2,1-2H3/b12-8+. The third-order valence-corrected chi connectivity index (χ3v) is 4.78. The van der Waals surface area contributed by atoms with Gasteiger partial charge in [0, 0.05) is 16.9 Å². The highest BCUT2D eigenvalue weighted by Crippen LogP contribution is 2.36. The lowest BCUT2D eigenvalue weighted by molar-refractivity contribution is 0.103. The van der Waals surface area contributed by atoms with E-state index in [9.17, 15) is 9.18 Å². The van der Waals surface area contributed by atoms with Crippen LogP contribution in [0.3, 0.4) is 0 Å². The van der Waals surface area contributed by atoms with E-state index in [2.05, 4.69) is 0 Å². The Morgan fingerprint density at radius 1 is 1.13 bits per heavy atom. The van der Waals surface area contributed by atoms with Crippen molar-refractivity contribution >= 4 is 23.6 Å². The van der Waals surface area contributed by atoms with Gasteiger partial charge in [-0.2, -0.15) is 0 Å². The van der Waals surface area contributed by atoms with Crippen LogP contribution in [0.15, 0.2) is 46.9 Å². The van der Waals surface area contributed by atoms with Crippen LogP contribution in [-0.2, 0) is 0 Å². The largest absolute Gasteiger partial charge is 0.493 e. The maximum absolute atomic E-state index is 13.8. The normalized spacial score (nSPS) is 15.4. The van der Waals surface area contributed by atoms with Crippen LogP contribution >= 0.6 is 11.8 Å². The van der Waals surface area contributed by atoms with Gasteiger partial charge < -0.3 is 9.47 Å². The number of benzene rings is 2. The number of thioether (sulfide) groups is 1. The first-order chi connectivity index (χ1) is 11.1. The molecule has 23 heavy (non-hydrogen) atoms. The summed E-state index contributed by atoms with van der Waals surface area (Å²) >= 11 is 1.34. The van der Waals surface area contributed by atoms with E-state index in [4.69, 9.17) is 9.47 Å². The number of ether oxygens (including phenoxy) is 2. The Balaban J connectivity index is 1.97. The van der Waals surface area contributed by atoms with E-state index in [0.29, 0.717) is 33.3 Å². The minimum atomic E-state index is -0.342. The highest BCUT2D eigenvalue weighted by molar-refractivity contribution is 7.99. The molecule has 3 rings (SSSR count). The maximum atomic E-state index is 13.8. The predicted molar refractivity (Wildman–Crippen MR) is 89.0 cm³/mol. The van der Waals surface area contributed by atoms with Crippen molar-refractivity contribution in [1.82, 2.24) is 0 Å². The van der Waals surface area contributed by atoms with Crippen molar-refractivity contribution in [2.45, 2.75) is 4.90 Å². The minimum Gasteiger partial charge on any atom is -0.493 e. The van der Waals surface area contributed by atoms with Crippen LogP contribution in [0.2, 0.25) is 0 Å². The minimum absolute atomic E-state index is 0.131. The molecule has 5 heteroatoms. The van der Waals surface area contributed by atoms with Crippen LogP contribution in [-0.4, -0.2) is 25.8 Å². The van der Waals surface area contributed by atoms with Crippen molar-refractivity contribution in [2.75, 3.05) is 20.0 Å². The number of fused-ring (bicyclic) bond motifs is 1. The fourth-order valence-corrected chi connectivity index (χ4v) is 3.51. The summed E-state index contributed by atoms with van der Waals surface area (Å²) in [6, 6.07) is 10.1. The zero-order chi connectivity index (χ0) is 16.4. The summed E-state index contributed by atoms with van der Waals surface area (Å²) in [5, 5.41) is 0. The summed E-state index contributed by atoms with van der Waals surface area (Å²) in [5.74, 6) is 1.20. The number of hydrogen-bond acceptors (Lipinski definition) is 4. The summed E-state index contributed by atoms with van der Waals surface area (Å²) in [6.07, 6.45) is 1.81. The molecule has 0 unspecified atom stereocenters. The van der Waals surface area contributed by atoms with E-state index in [1.165, 1.54) is 17.8 Å². The second-order valence-corrected chi connectivity index (χ2v) is 6.00. The molecule has 118 valence electrons. The lowest BCUT2D eigenvalue weighted by Gasteiger charge is -2.17. The molecule has 0 saturated heterocycles. The van der Waals surface area contributed by atoms with Crippen LogP contribution in [0, 0.1) is 5.82 Å². The van der Waals surface area contributed by atoms with E-state index in [1.54, 1.807) is 32.4 Å². The lowest BCUT2D eigenvalue weighted by Crippen LogP contribution is -2.13. The molecule has 3 nitrogen and oxygen atoms in total. The van der Waals surface area contributed by atoms with E-state index in [-0.39, 0.29) is 11.6 Å². The molecule has 1 aliphatic rings. The molecule has 1 heterocycles. The summed E-state index contributed by atoms with van der Waals surface area (Å²) in [6.45, 7) is 0. The van der Waals surface area contributed by atoms with Gasteiger partial charge in [-0.25, -0.2) is 4.39 Å². The van der Waals surface area contributed by atoms with Gasteiger partial charge in [0.1, 0.15) is 5.82 Å². The monoisotopic (exact) mass is 330 g/mol. The van der Waals surface area contributed by atoms with Crippen molar-refractivity contribution in [3.8, 4) is 11.5 Å². The van der Waals surface area contributed by atoms with Crippen LogP contribution in [0.5, 0.6) is 11.5 Å². The number of hydrogen-bond donors (Lipinski definition) is 0. The van der Waals surface area contributed by atoms with Gasteiger partial charge in [0.15, 0.2) is 17.3 Å². The smallest absolute Gasteiger partial charge is 0.191 e. The van der Waals surface area contributed by atoms with Crippen LogP contribution in [0.4, 0.5) is 4.39 Å². The molecule has 0 fully saturated rings. The van der Waals surface area contributed by atoms with Crippen molar-refractivity contribution in [2.24, 2.45) is 0 Å². The molecule has 0 aromatic heterocycles. The molecule has 2 aromatic rings. The van der Waals surface area contributed by atoms with E-state index < -0.39 is 0 Å². The maximum Gasteiger partial charge on any atom is 0.191 e. The zero-order valence-electron chi connectivity index (χ0n) is 12.8. The predicted octanol–water partition coefficient (Wildman–Crippen LogP) is 4.21. The van der Waals surface area contributed by atoms with Crippen molar-refractivity contribution in [1.29, 1.82) is 0 Å². The Labute approximate surface area is 138 Å². The van der Waals surface area contributed by atoms with E-state index in [0.717, 1.165) is 5.56 Å². The first kappa shape index (κ1) is 15.6. The van der Waals surface area contributed by atoms with Gasteiger partial charge in [0.25, 0.3) is 0 Å². The van der Waals surface area contributed by atoms with Crippen LogP contribution in [0.25, 0.3) is 6.08 Å². The fourth-order valence-electron chi connectivity index (χ4n) is 2.47. The average Bonchev–Trinajstić information content (AvgIpc) is 2.58. The number of methoxy groups -OCH3 is 2. The van der Waals surface area contributed by atoms with Crippen LogP contribution < -0.4 is 9.47 Å². The summed E-state index contributed by atoms with van der Waals surface area (Å²) in [7, 11) is 3.14. The number of Topliss-reactive ketones (excluding diaryl/α,β-unsaturated/α-hetero) is 1.